The Kier molecular flexibility index (Phi) is 5.08. The van der Waals surface area contributed by atoms with E-state index in [1.165, 1.54) is 0 Å². The quantitative estimate of drug-likeness (QED) is 0.359. The first-order valence-corrected chi connectivity index (χ1v) is 8.65. The first-order chi connectivity index (χ1) is 11.9. The van der Waals surface area contributed by atoms with Crippen LogP contribution in [0.15, 0.2) is 12.2 Å². The lowest BCUT2D eigenvalue weighted by molar-refractivity contribution is -0.137. The summed E-state index contributed by atoms with van der Waals surface area (Å²) in [5.74, 6) is -3.34. The maximum Gasteiger partial charge on any atom is 0.303 e. The largest absolute Gasteiger partial charge is 0.507 e. The number of carbonyl (C=O) groups excluding carboxylic acids is 1. The van der Waals surface area contributed by atoms with E-state index >= 15 is 0 Å². The molecule has 2 rings (SSSR count). The Bertz CT molecular complexity index is 792. The van der Waals surface area contributed by atoms with E-state index in [2.05, 4.69) is 6.58 Å². The van der Waals surface area contributed by atoms with E-state index in [0.29, 0.717) is 5.57 Å². The number of fused-ring (bicyclic) bond motifs is 1. The molecule has 0 unspecified atom stereocenters. The average Bonchev–Trinajstić information content (AvgIpc) is 2.52. The van der Waals surface area contributed by atoms with E-state index < -0.39 is 28.8 Å². The van der Waals surface area contributed by atoms with Crippen molar-refractivity contribution in [3.8, 4) is 17.2 Å². The van der Waals surface area contributed by atoms with Crippen molar-refractivity contribution in [1.82, 2.24) is 0 Å². The summed E-state index contributed by atoms with van der Waals surface area (Å²) >= 11 is 0. The number of aromatic hydroxyl groups is 3. The molecule has 0 aliphatic heterocycles. The zero-order chi connectivity index (χ0) is 20.0. The van der Waals surface area contributed by atoms with Crippen LogP contribution in [0.3, 0.4) is 0 Å². The number of allylic oxidation sites excluding steroid dienone is 1. The molecule has 0 saturated carbocycles. The Morgan fingerprint density at radius 1 is 1.23 bits per heavy atom. The lowest BCUT2D eigenvalue weighted by Crippen LogP contribution is -2.40. The van der Waals surface area contributed by atoms with E-state index in [4.69, 9.17) is 5.11 Å². The van der Waals surface area contributed by atoms with Crippen molar-refractivity contribution in [3.63, 3.8) is 0 Å². The second-order valence-electron chi connectivity index (χ2n) is 7.70. The summed E-state index contributed by atoms with van der Waals surface area (Å²) in [7, 11) is 0. The molecule has 1 aliphatic rings. The molecular formula is C20H26O6. The molecule has 26 heavy (non-hydrogen) atoms. The van der Waals surface area contributed by atoms with E-state index in [0.717, 1.165) is 0 Å². The van der Waals surface area contributed by atoms with Crippen LogP contribution in [-0.4, -0.2) is 32.2 Å². The Morgan fingerprint density at radius 2 is 1.81 bits per heavy atom. The molecule has 0 heterocycles. The third-order valence-electron chi connectivity index (χ3n) is 5.50. The van der Waals surface area contributed by atoms with Gasteiger partial charge in [0.05, 0.1) is 5.56 Å². The second kappa shape index (κ2) is 6.67. The van der Waals surface area contributed by atoms with Crippen molar-refractivity contribution >= 4 is 11.8 Å². The Balaban J connectivity index is 2.86. The summed E-state index contributed by atoms with van der Waals surface area (Å²) in [6, 6.07) is 0. The monoisotopic (exact) mass is 362 g/mol. The Labute approximate surface area is 152 Å². The number of carboxylic acids is 1. The first-order valence-electron chi connectivity index (χ1n) is 8.65. The van der Waals surface area contributed by atoms with Crippen LogP contribution < -0.4 is 0 Å². The van der Waals surface area contributed by atoms with Gasteiger partial charge in [0, 0.05) is 29.4 Å². The van der Waals surface area contributed by atoms with Crippen LogP contribution in [0.4, 0.5) is 0 Å². The number of aliphatic carboxylic acids is 1. The highest BCUT2D eigenvalue weighted by molar-refractivity contribution is 6.04. The van der Waals surface area contributed by atoms with Gasteiger partial charge >= 0.3 is 5.97 Å². The number of phenols is 3. The molecule has 0 radical (unpaired) electrons. The zero-order valence-electron chi connectivity index (χ0n) is 15.6. The molecule has 4 N–H and O–H groups in total. The number of ketones is 1. The molecular weight excluding hydrogens is 336 g/mol. The molecule has 1 aromatic rings. The minimum Gasteiger partial charge on any atom is -0.507 e. The van der Waals surface area contributed by atoms with Gasteiger partial charge in [0.1, 0.15) is 5.75 Å². The number of rotatable bonds is 5. The molecule has 0 spiro atoms. The van der Waals surface area contributed by atoms with Gasteiger partial charge in [0.2, 0.25) is 0 Å². The third kappa shape index (κ3) is 2.93. The fraction of sp³-hybridized carbons (Fsp3) is 0.500. The summed E-state index contributed by atoms with van der Waals surface area (Å²) in [5, 5.41) is 41.0. The van der Waals surface area contributed by atoms with Gasteiger partial charge in [-0.25, -0.2) is 0 Å². The van der Waals surface area contributed by atoms with Gasteiger partial charge < -0.3 is 20.4 Å². The molecule has 0 aromatic heterocycles. The third-order valence-corrected chi connectivity index (χ3v) is 5.50. The molecule has 0 saturated heterocycles. The molecule has 0 bridgehead atoms. The van der Waals surface area contributed by atoms with Gasteiger partial charge in [0.15, 0.2) is 17.3 Å². The summed E-state index contributed by atoms with van der Waals surface area (Å²) < 4.78 is 0. The number of carbonyl (C=O) groups is 2. The van der Waals surface area contributed by atoms with Crippen LogP contribution in [0.25, 0.3) is 0 Å². The summed E-state index contributed by atoms with van der Waals surface area (Å²) in [5.41, 5.74) is -0.0638. The molecule has 1 aromatic carbocycles. The van der Waals surface area contributed by atoms with Crippen LogP contribution in [0, 0.1) is 5.92 Å². The van der Waals surface area contributed by atoms with Crippen molar-refractivity contribution in [2.24, 2.45) is 5.92 Å². The standard InChI is InChI=1S/C20H26O6/c1-9(2)11-8-12(21)15-16(20(11,5)7-6-13(22)23)19(26)18(25)14(10(3)4)17(15)24/h10-11,24-26H,1,6-8H2,2-5H3,(H,22,23)/t11-,20-/m0/s1. The van der Waals surface area contributed by atoms with E-state index in [-0.39, 0.29) is 53.4 Å². The van der Waals surface area contributed by atoms with E-state index in [1.807, 2.05) is 0 Å². The fourth-order valence-corrected chi connectivity index (χ4v) is 4.17. The van der Waals surface area contributed by atoms with Crippen LogP contribution >= 0.6 is 0 Å². The van der Waals surface area contributed by atoms with Gasteiger partial charge in [-0.05, 0) is 25.2 Å². The van der Waals surface area contributed by atoms with Gasteiger partial charge in [-0.2, -0.15) is 0 Å². The molecule has 142 valence electrons. The Hall–Kier alpha value is -2.50. The van der Waals surface area contributed by atoms with Crippen LogP contribution in [-0.2, 0) is 10.2 Å². The minimum absolute atomic E-state index is 0.0191. The number of carboxylic acid groups (broad SMARTS) is 1. The number of benzene rings is 1. The van der Waals surface area contributed by atoms with Crippen molar-refractivity contribution < 1.29 is 30.0 Å². The zero-order valence-corrected chi connectivity index (χ0v) is 15.6. The van der Waals surface area contributed by atoms with Crippen molar-refractivity contribution in [2.45, 2.75) is 58.3 Å². The maximum absolute atomic E-state index is 12.8. The average molecular weight is 362 g/mol. The van der Waals surface area contributed by atoms with Crippen molar-refractivity contribution in [1.29, 1.82) is 0 Å². The predicted molar refractivity (Wildman–Crippen MR) is 97.0 cm³/mol. The molecule has 0 amide bonds. The summed E-state index contributed by atoms with van der Waals surface area (Å²) in [6.45, 7) is 10.9. The van der Waals surface area contributed by atoms with Gasteiger partial charge in [-0.15, -0.1) is 0 Å². The molecule has 2 atom stereocenters. The van der Waals surface area contributed by atoms with E-state index in [1.54, 1.807) is 27.7 Å². The molecule has 6 heteroatoms. The SMILES string of the molecule is C=C(C)[C@@H]1CC(=O)c2c(O)c(C(C)C)c(O)c(O)c2[C@@]1(C)CCC(=O)O. The first kappa shape index (κ1) is 19.8. The maximum atomic E-state index is 12.8. The molecule has 6 nitrogen and oxygen atoms in total. The summed E-state index contributed by atoms with van der Waals surface area (Å²) in [4.78, 5) is 23.9. The Morgan fingerprint density at radius 3 is 2.27 bits per heavy atom. The fourth-order valence-electron chi connectivity index (χ4n) is 4.17. The van der Waals surface area contributed by atoms with Crippen LogP contribution in [0.2, 0.25) is 0 Å². The van der Waals surface area contributed by atoms with Crippen molar-refractivity contribution in [3.05, 3.63) is 28.8 Å². The second-order valence-corrected chi connectivity index (χ2v) is 7.70. The predicted octanol–water partition coefficient (Wildman–Crippen LogP) is 3.83. The number of Topliss-reactive ketones (excluding diaryl/α,β-unsaturated/α-hetero) is 1. The molecule has 1 aliphatic carbocycles. The lowest BCUT2D eigenvalue weighted by atomic mass is 9.59. The minimum atomic E-state index is -1.00. The smallest absolute Gasteiger partial charge is 0.303 e. The number of phenolic OH excluding ortho intramolecular Hbond substituents is 3. The molecule has 0 fully saturated rings. The van der Waals surface area contributed by atoms with Gasteiger partial charge in [-0.3, -0.25) is 9.59 Å². The number of hydrogen-bond donors (Lipinski definition) is 4. The van der Waals surface area contributed by atoms with E-state index in [9.17, 15) is 24.9 Å². The van der Waals surface area contributed by atoms with Crippen LogP contribution in [0.1, 0.15) is 74.4 Å². The van der Waals surface area contributed by atoms with Gasteiger partial charge in [0.25, 0.3) is 0 Å². The number of hydrogen-bond acceptors (Lipinski definition) is 5. The highest BCUT2D eigenvalue weighted by atomic mass is 16.4. The summed E-state index contributed by atoms with van der Waals surface area (Å²) in [6.07, 6.45) is 0.0160. The highest BCUT2D eigenvalue weighted by Crippen LogP contribution is 2.57. The lowest BCUT2D eigenvalue weighted by Gasteiger charge is -2.43. The van der Waals surface area contributed by atoms with Crippen molar-refractivity contribution in [2.75, 3.05) is 0 Å². The normalized spacial score (nSPS) is 22.3. The topological polar surface area (TPSA) is 115 Å². The van der Waals surface area contributed by atoms with Crippen LogP contribution in [0.5, 0.6) is 17.2 Å². The van der Waals surface area contributed by atoms with Gasteiger partial charge in [-0.1, -0.05) is 32.9 Å². The highest BCUT2D eigenvalue weighted by Gasteiger charge is 2.48.